The number of fused-ring (bicyclic) bond motifs is 1. The lowest BCUT2D eigenvalue weighted by Gasteiger charge is -2.34. The second kappa shape index (κ2) is 8.13. The topological polar surface area (TPSA) is 46.6 Å². The Kier molecular flexibility index (Phi) is 5.43. The van der Waals surface area contributed by atoms with E-state index in [1.165, 1.54) is 25.7 Å². The average Bonchev–Trinajstić information content (AvgIpc) is 3.16. The number of hydrogen-bond donors (Lipinski definition) is 1. The van der Waals surface area contributed by atoms with Crippen molar-refractivity contribution in [3.8, 4) is 11.5 Å². The molecule has 2 atom stereocenters. The monoisotopic (exact) mass is 383 g/mol. The first-order chi connectivity index (χ1) is 13.2. The van der Waals surface area contributed by atoms with Crippen LogP contribution in [-0.4, -0.2) is 22.9 Å². The molecule has 1 fully saturated rings. The molecule has 1 aromatic heterocycles. The van der Waals surface area contributed by atoms with Gasteiger partial charge in [-0.05, 0) is 54.7 Å². The van der Waals surface area contributed by atoms with Crippen molar-refractivity contribution in [1.29, 1.82) is 0 Å². The van der Waals surface area contributed by atoms with Crippen LogP contribution in [0.3, 0.4) is 0 Å². The largest absolute Gasteiger partial charge is 0.454 e. The maximum atomic E-state index is 5.84. The summed E-state index contributed by atoms with van der Waals surface area (Å²) in [5.41, 5.74) is 2.10. The Hall–Kier alpha value is -2.34. The fourth-order valence-electron chi connectivity index (χ4n) is 3.77. The van der Waals surface area contributed by atoms with Crippen LogP contribution in [0.2, 0.25) is 0 Å². The molecule has 2 aromatic rings. The molecule has 5 nitrogen and oxygen atoms in total. The van der Waals surface area contributed by atoms with Crippen molar-refractivity contribution in [2.45, 2.75) is 45.2 Å². The van der Waals surface area contributed by atoms with Crippen LogP contribution >= 0.6 is 12.2 Å². The highest BCUT2D eigenvalue weighted by atomic mass is 32.1. The minimum Gasteiger partial charge on any atom is -0.454 e. The molecular weight excluding hydrogens is 358 g/mol. The van der Waals surface area contributed by atoms with Crippen LogP contribution in [0.15, 0.2) is 42.7 Å². The molecule has 0 amide bonds. The Labute approximate surface area is 165 Å². The van der Waals surface area contributed by atoms with Gasteiger partial charge in [0, 0.05) is 30.2 Å². The number of pyridine rings is 1. The Morgan fingerprint density at radius 3 is 2.89 bits per heavy atom. The number of thiocarbonyl (C=S) groups is 1. The zero-order chi connectivity index (χ0) is 18.6. The summed E-state index contributed by atoms with van der Waals surface area (Å²) in [6, 6.07) is 10.4. The van der Waals surface area contributed by atoms with Gasteiger partial charge in [0.2, 0.25) is 6.79 Å². The Balaban J connectivity index is 1.58. The fourth-order valence-corrected chi connectivity index (χ4v) is 4.10. The van der Waals surface area contributed by atoms with Gasteiger partial charge in [-0.25, -0.2) is 0 Å². The second-order valence-electron chi connectivity index (χ2n) is 7.30. The van der Waals surface area contributed by atoms with Crippen LogP contribution in [0, 0.1) is 5.92 Å². The van der Waals surface area contributed by atoms with E-state index in [0.29, 0.717) is 18.5 Å². The Bertz CT molecular complexity index is 799. The predicted molar refractivity (Wildman–Crippen MR) is 110 cm³/mol. The van der Waals surface area contributed by atoms with Gasteiger partial charge in [0.15, 0.2) is 16.6 Å². The van der Waals surface area contributed by atoms with E-state index in [0.717, 1.165) is 27.9 Å². The van der Waals surface area contributed by atoms with Crippen LogP contribution in [0.25, 0.3) is 0 Å². The van der Waals surface area contributed by atoms with E-state index in [4.69, 9.17) is 21.7 Å². The molecule has 0 saturated heterocycles. The van der Waals surface area contributed by atoms with Gasteiger partial charge >= 0.3 is 0 Å². The summed E-state index contributed by atoms with van der Waals surface area (Å²) < 4.78 is 11.0. The number of aromatic nitrogens is 1. The fraction of sp³-hybridized carbons (Fsp3) is 0.429. The first-order valence-electron chi connectivity index (χ1n) is 9.57. The molecule has 2 aliphatic rings. The second-order valence-corrected chi connectivity index (χ2v) is 7.69. The lowest BCUT2D eigenvalue weighted by atomic mass is 9.86. The zero-order valence-electron chi connectivity index (χ0n) is 15.6. The highest BCUT2D eigenvalue weighted by Crippen LogP contribution is 2.36. The summed E-state index contributed by atoms with van der Waals surface area (Å²) in [5.74, 6) is 2.17. The first-order valence-corrected chi connectivity index (χ1v) is 9.98. The van der Waals surface area contributed by atoms with E-state index in [-0.39, 0.29) is 6.79 Å². The molecular formula is C21H25N3O2S. The van der Waals surface area contributed by atoms with Gasteiger partial charge in [-0.15, -0.1) is 0 Å². The van der Waals surface area contributed by atoms with E-state index < -0.39 is 0 Å². The first kappa shape index (κ1) is 18.0. The van der Waals surface area contributed by atoms with Crippen LogP contribution < -0.4 is 19.7 Å². The molecule has 1 N–H and O–H groups in total. The van der Waals surface area contributed by atoms with Gasteiger partial charge in [-0.1, -0.05) is 25.8 Å². The van der Waals surface area contributed by atoms with Crippen molar-refractivity contribution in [1.82, 2.24) is 10.3 Å². The average molecular weight is 384 g/mol. The van der Waals surface area contributed by atoms with E-state index in [1.54, 1.807) is 6.20 Å². The van der Waals surface area contributed by atoms with Crippen molar-refractivity contribution in [2.24, 2.45) is 5.92 Å². The molecule has 0 spiro atoms. The molecule has 1 saturated carbocycles. The third kappa shape index (κ3) is 4.16. The lowest BCUT2D eigenvalue weighted by Crippen LogP contribution is -2.47. The molecule has 0 unspecified atom stereocenters. The molecule has 6 heteroatoms. The minimum absolute atomic E-state index is 0.268. The minimum atomic E-state index is 0.268. The molecule has 142 valence electrons. The normalized spacial score (nSPS) is 20.9. The highest BCUT2D eigenvalue weighted by molar-refractivity contribution is 7.80. The van der Waals surface area contributed by atoms with Crippen molar-refractivity contribution in [3.05, 3.63) is 48.3 Å². The molecule has 2 heterocycles. The molecule has 1 aliphatic carbocycles. The number of nitrogens with zero attached hydrogens (tertiary/aromatic N) is 2. The molecule has 27 heavy (non-hydrogen) atoms. The number of nitrogens with one attached hydrogen (secondary N) is 1. The highest BCUT2D eigenvalue weighted by Gasteiger charge is 2.25. The Morgan fingerprint density at radius 2 is 2.07 bits per heavy atom. The number of benzene rings is 1. The van der Waals surface area contributed by atoms with Gasteiger partial charge < -0.3 is 19.7 Å². The maximum absolute atomic E-state index is 5.84. The summed E-state index contributed by atoms with van der Waals surface area (Å²) >= 11 is 5.84. The Morgan fingerprint density at radius 1 is 1.22 bits per heavy atom. The molecule has 4 rings (SSSR count). The quantitative estimate of drug-likeness (QED) is 0.796. The zero-order valence-corrected chi connectivity index (χ0v) is 16.4. The third-order valence-electron chi connectivity index (χ3n) is 5.40. The summed E-state index contributed by atoms with van der Waals surface area (Å²) in [6.45, 7) is 3.23. The van der Waals surface area contributed by atoms with Crippen LogP contribution in [0.5, 0.6) is 11.5 Å². The molecule has 0 radical (unpaired) electrons. The van der Waals surface area contributed by atoms with Crippen molar-refractivity contribution >= 4 is 23.0 Å². The predicted octanol–water partition coefficient (Wildman–Crippen LogP) is 4.27. The number of anilines is 1. The van der Waals surface area contributed by atoms with Crippen LogP contribution in [0.4, 0.5) is 5.69 Å². The van der Waals surface area contributed by atoms with Crippen molar-refractivity contribution in [2.75, 3.05) is 11.7 Å². The van der Waals surface area contributed by atoms with E-state index in [2.05, 4.69) is 28.2 Å². The van der Waals surface area contributed by atoms with E-state index in [9.17, 15) is 0 Å². The summed E-state index contributed by atoms with van der Waals surface area (Å²) in [7, 11) is 0. The van der Waals surface area contributed by atoms with Crippen molar-refractivity contribution in [3.63, 3.8) is 0 Å². The summed E-state index contributed by atoms with van der Waals surface area (Å²) in [4.78, 5) is 6.36. The van der Waals surface area contributed by atoms with Gasteiger partial charge in [-0.2, -0.15) is 0 Å². The third-order valence-corrected chi connectivity index (χ3v) is 5.74. The van der Waals surface area contributed by atoms with Crippen molar-refractivity contribution < 1.29 is 9.47 Å². The molecule has 1 aliphatic heterocycles. The van der Waals surface area contributed by atoms with Gasteiger partial charge in [-0.3, -0.25) is 4.98 Å². The standard InChI is InChI=1S/C21H25N3O2S/c1-15-5-2-3-7-18(15)23-21(27)24(13-16-6-4-10-22-12-16)17-8-9-19-20(11-17)26-14-25-19/h4,6,8-12,15,18H,2-3,5,7,13-14H2,1H3,(H,23,27)/t15-,18+/m1/s1. The van der Waals surface area contributed by atoms with Crippen LogP contribution in [0.1, 0.15) is 38.2 Å². The maximum Gasteiger partial charge on any atom is 0.231 e. The summed E-state index contributed by atoms with van der Waals surface area (Å²) in [6.07, 6.45) is 8.67. The van der Waals surface area contributed by atoms with Gasteiger partial charge in [0.25, 0.3) is 0 Å². The van der Waals surface area contributed by atoms with Crippen LogP contribution in [-0.2, 0) is 6.54 Å². The number of rotatable bonds is 4. The SMILES string of the molecule is C[C@@H]1CCCC[C@@H]1NC(=S)N(Cc1cccnc1)c1ccc2c(c1)OCO2. The summed E-state index contributed by atoms with van der Waals surface area (Å²) in [5, 5.41) is 4.37. The smallest absolute Gasteiger partial charge is 0.231 e. The lowest BCUT2D eigenvalue weighted by molar-refractivity contribution is 0.174. The number of hydrogen-bond acceptors (Lipinski definition) is 4. The molecule has 1 aromatic carbocycles. The number of ether oxygens (including phenoxy) is 2. The van der Waals surface area contributed by atoms with E-state index >= 15 is 0 Å². The van der Waals surface area contributed by atoms with Gasteiger partial charge in [0.05, 0.1) is 6.54 Å². The van der Waals surface area contributed by atoms with E-state index in [1.807, 2.05) is 30.5 Å². The van der Waals surface area contributed by atoms with Gasteiger partial charge in [0.1, 0.15) is 0 Å². The molecule has 0 bridgehead atoms.